The maximum absolute atomic E-state index is 2.47. The van der Waals surface area contributed by atoms with Gasteiger partial charge in [0.15, 0.2) is 0 Å². The first-order chi connectivity index (χ1) is 28.8. The van der Waals surface area contributed by atoms with Crippen LogP contribution in [0.4, 0.5) is 17.1 Å². The average Bonchev–Trinajstić information content (AvgIpc) is 3.77. The number of nitrogens with zero attached hydrogens (tertiary/aromatic N) is 1. The third-order valence-corrected chi connectivity index (χ3v) is 12.7. The Morgan fingerprint density at radius 1 is 0.259 bits per heavy atom. The van der Waals surface area contributed by atoms with Gasteiger partial charge in [-0.1, -0.05) is 182 Å². The summed E-state index contributed by atoms with van der Waals surface area (Å²) in [6, 6.07) is 83.0. The lowest BCUT2D eigenvalue weighted by molar-refractivity contribution is 0.793. The zero-order valence-corrected chi connectivity index (χ0v) is 31.8. The van der Waals surface area contributed by atoms with Crippen molar-refractivity contribution >= 4 is 38.6 Å². The Bertz CT molecular complexity index is 3150. The Morgan fingerprint density at radius 3 is 1.34 bits per heavy atom. The Morgan fingerprint density at radius 2 is 0.707 bits per heavy atom. The maximum Gasteiger partial charge on any atom is 0.0726 e. The van der Waals surface area contributed by atoms with Crippen molar-refractivity contribution in [2.75, 3.05) is 4.90 Å². The average molecular weight is 736 g/mol. The molecular weight excluding hydrogens is 699 g/mol. The summed E-state index contributed by atoms with van der Waals surface area (Å²) >= 11 is 0. The van der Waals surface area contributed by atoms with Gasteiger partial charge in [0.1, 0.15) is 0 Å². The van der Waals surface area contributed by atoms with E-state index >= 15 is 0 Å². The smallest absolute Gasteiger partial charge is 0.0726 e. The molecular formula is C57H37N. The van der Waals surface area contributed by atoms with Crippen molar-refractivity contribution in [3.63, 3.8) is 0 Å². The van der Waals surface area contributed by atoms with Crippen LogP contribution in [-0.4, -0.2) is 0 Å². The van der Waals surface area contributed by atoms with Gasteiger partial charge in [0.25, 0.3) is 0 Å². The molecule has 0 saturated carbocycles. The molecule has 12 rings (SSSR count). The summed E-state index contributed by atoms with van der Waals surface area (Å²) in [6.07, 6.45) is 0. The summed E-state index contributed by atoms with van der Waals surface area (Å²) in [5, 5.41) is 5.10. The molecule has 58 heavy (non-hydrogen) atoms. The van der Waals surface area contributed by atoms with E-state index in [1.54, 1.807) is 0 Å². The van der Waals surface area contributed by atoms with Crippen LogP contribution in [-0.2, 0) is 5.41 Å². The lowest BCUT2D eigenvalue weighted by Crippen LogP contribution is -2.26. The van der Waals surface area contributed by atoms with E-state index in [4.69, 9.17) is 0 Å². The fourth-order valence-electron chi connectivity index (χ4n) is 10.1. The third-order valence-electron chi connectivity index (χ3n) is 12.7. The fraction of sp³-hybridized carbons (Fsp3) is 0.0175. The largest absolute Gasteiger partial charge is 0.310 e. The Kier molecular flexibility index (Phi) is 7.21. The molecule has 0 fully saturated rings. The molecule has 0 N–H and O–H groups in total. The molecule has 0 heterocycles. The molecule has 0 unspecified atom stereocenters. The highest BCUT2D eigenvalue weighted by Gasteiger charge is 2.51. The second kappa shape index (κ2) is 12.8. The highest BCUT2D eigenvalue weighted by Crippen LogP contribution is 2.63. The monoisotopic (exact) mass is 735 g/mol. The number of hydrogen-bond donors (Lipinski definition) is 0. The zero-order chi connectivity index (χ0) is 38.2. The zero-order valence-electron chi connectivity index (χ0n) is 31.8. The van der Waals surface area contributed by atoms with E-state index in [1.807, 2.05) is 0 Å². The van der Waals surface area contributed by atoms with Crippen LogP contribution in [0.2, 0.25) is 0 Å². The minimum absolute atomic E-state index is 0.413. The summed E-state index contributed by atoms with van der Waals surface area (Å²) in [5.41, 5.74) is 18.4. The predicted octanol–water partition coefficient (Wildman–Crippen LogP) is 15.1. The Hall–Kier alpha value is -7.48. The Labute approximate surface area is 338 Å². The van der Waals surface area contributed by atoms with E-state index in [0.29, 0.717) is 0 Å². The van der Waals surface area contributed by atoms with E-state index in [2.05, 4.69) is 229 Å². The second-order valence-electron chi connectivity index (χ2n) is 15.6. The number of rotatable bonds is 5. The molecule has 0 aromatic heterocycles. The molecule has 270 valence electrons. The predicted molar refractivity (Wildman–Crippen MR) is 243 cm³/mol. The van der Waals surface area contributed by atoms with Crippen LogP contribution in [0, 0.1) is 0 Å². The molecule has 0 atom stereocenters. The highest BCUT2D eigenvalue weighted by atomic mass is 15.1. The van der Waals surface area contributed by atoms with Crippen LogP contribution in [0.15, 0.2) is 224 Å². The molecule has 0 radical (unpaired) electrons. The summed E-state index contributed by atoms with van der Waals surface area (Å²) in [7, 11) is 0. The van der Waals surface area contributed by atoms with E-state index in [-0.39, 0.29) is 0 Å². The topological polar surface area (TPSA) is 3.24 Å². The molecule has 1 spiro atoms. The maximum atomic E-state index is 2.47. The lowest BCUT2D eigenvalue weighted by atomic mass is 9.70. The standard InChI is InChI=1S/C57H37N/c1-2-12-38(13-3-1)39-24-29-44(30-25-39)58(45-31-26-40(27-32-45)42-28-34-48-43(36-42)23-22-41-14-4-5-15-47(41)48)46-33-35-52-51-18-8-11-21-55(51)57(56(52)37-46)53-19-9-6-16-49(53)50-17-7-10-20-54(50)57/h1-37H. The van der Waals surface area contributed by atoms with Gasteiger partial charge in [0, 0.05) is 17.1 Å². The molecule has 10 aromatic rings. The molecule has 1 heteroatoms. The number of anilines is 3. The van der Waals surface area contributed by atoms with Gasteiger partial charge in [-0.2, -0.15) is 0 Å². The van der Waals surface area contributed by atoms with Crippen LogP contribution >= 0.6 is 0 Å². The van der Waals surface area contributed by atoms with E-state index in [9.17, 15) is 0 Å². The second-order valence-corrected chi connectivity index (χ2v) is 15.6. The van der Waals surface area contributed by atoms with Gasteiger partial charge in [-0.05, 0) is 131 Å². The first kappa shape index (κ1) is 32.7. The van der Waals surface area contributed by atoms with Crippen LogP contribution in [0.1, 0.15) is 22.3 Å². The van der Waals surface area contributed by atoms with Gasteiger partial charge in [-0.15, -0.1) is 0 Å². The number of benzene rings is 10. The highest BCUT2D eigenvalue weighted by molar-refractivity contribution is 6.08. The van der Waals surface area contributed by atoms with Gasteiger partial charge < -0.3 is 4.90 Å². The SMILES string of the molecule is c1ccc(-c2ccc(N(c3ccc(-c4ccc5c(ccc6ccccc65)c4)cc3)c3ccc4c(c3)C3(c5ccccc5-c5ccccc53)c3ccccc3-4)cc2)cc1. The van der Waals surface area contributed by atoms with Crippen molar-refractivity contribution in [3.05, 3.63) is 247 Å². The van der Waals surface area contributed by atoms with Crippen LogP contribution < -0.4 is 4.90 Å². The minimum atomic E-state index is -0.413. The third kappa shape index (κ3) is 4.77. The van der Waals surface area contributed by atoms with Crippen molar-refractivity contribution < 1.29 is 0 Å². The minimum Gasteiger partial charge on any atom is -0.310 e. The first-order valence-electron chi connectivity index (χ1n) is 20.2. The van der Waals surface area contributed by atoms with Gasteiger partial charge >= 0.3 is 0 Å². The van der Waals surface area contributed by atoms with Gasteiger partial charge in [-0.3, -0.25) is 0 Å². The van der Waals surface area contributed by atoms with Crippen molar-refractivity contribution in [1.29, 1.82) is 0 Å². The fourth-order valence-corrected chi connectivity index (χ4v) is 10.1. The molecule has 2 aliphatic carbocycles. The van der Waals surface area contributed by atoms with Crippen molar-refractivity contribution in [2.45, 2.75) is 5.41 Å². The van der Waals surface area contributed by atoms with Crippen LogP contribution in [0.25, 0.3) is 66.1 Å². The van der Waals surface area contributed by atoms with E-state index < -0.39 is 5.41 Å². The normalized spacial score (nSPS) is 13.0. The molecule has 0 amide bonds. The summed E-state index contributed by atoms with van der Waals surface area (Å²) in [4.78, 5) is 2.43. The summed E-state index contributed by atoms with van der Waals surface area (Å²) in [5.74, 6) is 0. The molecule has 1 nitrogen and oxygen atoms in total. The molecule has 0 aliphatic heterocycles. The van der Waals surface area contributed by atoms with Crippen molar-refractivity contribution in [1.82, 2.24) is 0 Å². The lowest BCUT2D eigenvalue weighted by Gasteiger charge is -2.32. The van der Waals surface area contributed by atoms with Crippen LogP contribution in [0.5, 0.6) is 0 Å². The van der Waals surface area contributed by atoms with E-state index in [1.165, 1.54) is 88.3 Å². The Balaban J connectivity index is 1.02. The van der Waals surface area contributed by atoms with Gasteiger partial charge in [0.05, 0.1) is 5.41 Å². The summed E-state index contributed by atoms with van der Waals surface area (Å²) < 4.78 is 0. The summed E-state index contributed by atoms with van der Waals surface area (Å²) in [6.45, 7) is 0. The number of fused-ring (bicyclic) bond motifs is 13. The van der Waals surface area contributed by atoms with Gasteiger partial charge in [-0.25, -0.2) is 0 Å². The van der Waals surface area contributed by atoms with E-state index in [0.717, 1.165) is 17.1 Å². The molecule has 0 saturated heterocycles. The molecule has 0 bridgehead atoms. The first-order valence-corrected chi connectivity index (χ1v) is 20.2. The van der Waals surface area contributed by atoms with Crippen LogP contribution in [0.3, 0.4) is 0 Å². The quantitative estimate of drug-likeness (QED) is 0.159. The van der Waals surface area contributed by atoms with Gasteiger partial charge in [0.2, 0.25) is 0 Å². The molecule has 2 aliphatic rings. The molecule has 10 aromatic carbocycles. The van der Waals surface area contributed by atoms with Crippen molar-refractivity contribution in [3.8, 4) is 44.5 Å². The van der Waals surface area contributed by atoms with Crippen molar-refractivity contribution in [2.24, 2.45) is 0 Å². The number of hydrogen-bond acceptors (Lipinski definition) is 1.